The van der Waals surface area contributed by atoms with E-state index in [1.807, 2.05) is 60.7 Å². The van der Waals surface area contributed by atoms with Gasteiger partial charge in [-0.15, -0.1) is 0 Å². The molecule has 270 valence electrons. The number of benzene rings is 7. The summed E-state index contributed by atoms with van der Waals surface area (Å²) in [6.07, 6.45) is 2.37. The van der Waals surface area contributed by atoms with Gasteiger partial charge in [0.15, 0.2) is 17.5 Å². The van der Waals surface area contributed by atoms with Crippen molar-refractivity contribution in [3.05, 3.63) is 157 Å². The second kappa shape index (κ2) is 12.0. The Bertz CT molecular complexity index is 3200. The molecule has 5 heteroatoms. The molecular formula is C51H40N4O. The lowest BCUT2D eigenvalue weighted by Crippen LogP contribution is -2.33. The Kier molecular flexibility index (Phi) is 7.00. The van der Waals surface area contributed by atoms with Gasteiger partial charge in [0.05, 0.1) is 11.0 Å². The van der Waals surface area contributed by atoms with Crippen LogP contribution in [0.25, 0.3) is 94.4 Å². The van der Waals surface area contributed by atoms with Crippen LogP contribution in [-0.2, 0) is 10.8 Å². The highest BCUT2D eigenvalue weighted by atomic mass is 16.3. The molecule has 0 spiro atoms. The molecule has 0 saturated heterocycles. The van der Waals surface area contributed by atoms with Crippen molar-refractivity contribution < 1.29 is 4.42 Å². The van der Waals surface area contributed by atoms with Crippen molar-refractivity contribution >= 4 is 54.5 Å². The summed E-state index contributed by atoms with van der Waals surface area (Å²) in [5.41, 5.74) is 11.2. The quantitative estimate of drug-likeness (QED) is 0.181. The molecule has 0 radical (unpaired) electrons. The fourth-order valence-corrected chi connectivity index (χ4v) is 9.12. The Balaban J connectivity index is 1.11. The van der Waals surface area contributed by atoms with E-state index in [2.05, 4.69) is 117 Å². The zero-order valence-electron chi connectivity index (χ0n) is 32.0. The van der Waals surface area contributed by atoms with Crippen molar-refractivity contribution in [2.24, 2.45) is 0 Å². The number of hydrogen-bond acceptors (Lipinski definition) is 4. The lowest BCUT2D eigenvalue weighted by Gasteiger charge is -2.42. The van der Waals surface area contributed by atoms with Crippen LogP contribution in [0.3, 0.4) is 0 Å². The summed E-state index contributed by atoms with van der Waals surface area (Å²) in [5, 5.41) is 6.91. The van der Waals surface area contributed by atoms with Gasteiger partial charge in [-0.3, -0.25) is 0 Å². The topological polar surface area (TPSA) is 56.7 Å². The van der Waals surface area contributed by atoms with E-state index in [0.717, 1.165) is 55.1 Å². The monoisotopic (exact) mass is 724 g/mol. The summed E-state index contributed by atoms with van der Waals surface area (Å²) < 4.78 is 8.72. The highest BCUT2D eigenvalue weighted by molar-refractivity contribution is 6.12. The van der Waals surface area contributed by atoms with E-state index in [4.69, 9.17) is 19.4 Å². The molecule has 0 saturated carbocycles. The van der Waals surface area contributed by atoms with Gasteiger partial charge in [0.25, 0.3) is 0 Å². The third kappa shape index (κ3) is 5.04. The molecule has 11 rings (SSSR count). The van der Waals surface area contributed by atoms with Crippen LogP contribution < -0.4 is 0 Å². The normalized spacial score (nSPS) is 14.9. The first kappa shape index (κ1) is 32.8. The van der Waals surface area contributed by atoms with Crippen LogP contribution in [0.2, 0.25) is 0 Å². The summed E-state index contributed by atoms with van der Waals surface area (Å²) >= 11 is 0. The van der Waals surface area contributed by atoms with E-state index >= 15 is 0 Å². The Morgan fingerprint density at radius 1 is 0.482 bits per heavy atom. The molecule has 0 unspecified atom stereocenters. The number of rotatable bonds is 4. The number of furan rings is 1. The first-order valence-electron chi connectivity index (χ1n) is 19.6. The minimum Gasteiger partial charge on any atom is -0.456 e. The van der Waals surface area contributed by atoms with Crippen LogP contribution >= 0.6 is 0 Å². The molecule has 5 nitrogen and oxygen atoms in total. The highest BCUT2D eigenvalue weighted by Gasteiger charge is 2.38. The van der Waals surface area contributed by atoms with Crippen LogP contribution in [0.15, 0.2) is 150 Å². The van der Waals surface area contributed by atoms with Gasteiger partial charge in [-0.2, -0.15) is 0 Å². The smallest absolute Gasteiger partial charge is 0.164 e. The molecule has 7 aromatic carbocycles. The zero-order chi connectivity index (χ0) is 37.8. The number of fused-ring (bicyclic) bond motifs is 8. The van der Waals surface area contributed by atoms with Crippen LogP contribution in [0.4, 0.5) is 0 Å². The molecular weight excluding hydrogens is 685 g/mol. The first-order chi connectivity index (χ1) is 27.2. The van der Waals surface area contributed by atoms with Gasteiger partial charge in [-0.25, -0.2) is 15.0 Å². The molecule has 56 heavy (non-hydrogen) atoms. The molecule has 1 aliphatic carbocycles. The van der Waals surface area contributed by atoms with E-state index in [9.17, 15) is 0 Å². The number of nitrogens with zero attached hydrogens (tertiary/aromatic N) is 4. The molecule has 0 amide bonds. The summed E-state index contributed by atoms with van der Waals surface area (Å²) in [4.78, 5) is 15.4. The van der Waals surface area contributed by atoms with Crippen LogP contribution in [0, 0.1) is 0 Å². The van der Waals surface area contributed by atoms with E-state index in [0.29, 0.717) is 17.5 Å². The largest absolute Gasteiger partial charge is 0.456 e. The van der Waals surface area contributed by atoms with Crippen molar-refractivity contribution in [3.8, 4) is 39.9 Å². The minimum absolute atomic E-state index is 0.108. The molecule has 0 atom stereocenters. The molecule has 1 aliphatic rings. The van der Waals surface area contributed by atoms with E-state index < -0.39 is 0 Å². The van der Waals surface area contributed by atoms with Gasteiger partial charge < -0.3 is 8.98 Å². The Morgan fingerprint density at radius 2 is 1.14 bits per heavy atom. The first-order valence-corrected chi connectivity index (χ1v) is 19.6. The Hall–Kier alpha value is -6.59. The fourth-order valence-electron chi connectivity index (χ4n) is 9.12. The van der Waals surface area contributed by atoms with Crippen molar-refractivity contribution in [3.63, 3.8) is 0 Å². The Labute approximate surface area is 325 Å². The maximum absolute atomic E-state index is 6.26. The second-order valence-corrected chi connectivity index (χ2v) is 16.7. The zero-order valence-corrected chi connectivity index (χ0v) is 32.0. The predicted molar refractivity (Wildman–Crippen MR) is 231 cm³/mol. The third-order valence-electron chi connectivity index (χ3n) is 12.3. The van der Waals surface area contributed by atoms with Gasteiger partial charge in [0.2, 0.25) is 0 Å². The third-order valence-corrected chi connectivity index (χ3v) is 12.3. The van der Waals surface area contributed by atoms with E-state index in [-0.39, 0.29) is 10.8 Å². The summed E-state index contributed by atoms with van der Waals surface area (Å²) in [7, 11) is 0. The number of hydrogen-bond donors (Lipinski definition) is 0. The Morgan fingerprint density at radius 3 is 1.96 bits per heavy atom. The predicted octanol–water partition coefficient (Wildman–Crippen LogP) is 13.4. The maximum atomic E-state index is 6.26. The number of aromatic nitrogens is 4. The maximum Gasteiger partial charge on any atom is 0.164 e. The molecule has 3 heterocycles. The summed E-state index contributed by atoms with van der Waals surface area (Å²) in [6, 6.07) is 51.6. The average Bonchev–Trinajstić information content (AvgIpc) is 3.77. The second-order valence-electron chi connectivity index (χ2n) is 16.7. The average molecular weight is 725 g/mol. The molecule has 0 aliphatic heterocycles. The van der Waals surface area contributed by atoms with Gasteiger partial charge in [0.1, 0.15) is 11.2 Å². The summed E-state index contributed by atoms with van der Waals surface area (Å²) in [5.74, 6) is 1.86. The van der Waals surface area contributed by atoms with Crippen molar-refractivity contribution in [2.75, 3.05) is 0 Å². The molecule has 10 aromatic rings. The molecule has 0 fully saturated rings. The molecule has 0 N–H and O–H groups in total. The SMILES string of the molecule is CC1(C)CCC(C)(C)c2cc3c(cc21)c1ccccc1n3-c1ccc2ccc(-c3nc(-c4ccccc4)nc(-c4cccc5oc6ccccc6c45)n3)cc2c1. The van der Waals surface area contributed by atoms with Crippen molar-refractivity contribution in [1.29, 1.82) is 0 Å². The van der Waals surface area contributed by atoms with Crippen LogP contribution in [0.1, 0.15) is 51.7 Å². The molecule has 0 bridgehead atoms. The van der Waals surface area contributed by atoms with E-state index in [1.54, 1.807) is 0 Å². The standard InChI is InChI=1S/C51H40N4O/c1-50(2)25-26-51(3,4)41-30-43-39(29-40(41)50)36-15-8-10-18-42(36)55(43)35-24-23-31-21-22-33(27-34(31)28-35)48-52-47(32-13-6-5-7-14-32)53-49(54-48)38-17-12-20-45-46(38)37-16-9-11-19-44(37)56-45/h5-24,27-30H,25-26H2,1-4H3. The van der Waals surface area contributed by atoms with Crippen LogP contribution in [-0.4, -0.2) is 19.5 Å². The molecule has 3 aromatic heterocycles. The highest BCUT2D eigenvalue weighted by Crippen LogP contribution is 2.48. The summed E-state index contributed by atoms with van der Waals surface area (Å²) in [6.45, 7) is 9.63. The van der Waals surface area contributed by atoms with Gasteiger partial charge >= 0.3 is 0 Å². The number of para-hydroxylation sites is 2. The lowest BCUT2D eigenvalue weighted by atomic mass is 9.63. The minimum atomic E-state index is 0.108. The van der Waals surface area contributed by atoms with Gasteiger partial charge in [-0.05, 0) is 94.1 Å². The van der Waals surface area contributed by atoms with Crippen molar-refractivity contribution in [1.82, 2.24) is 19.5 Å². The fraction of sp³-hybridized carbons (Fsp3) is 0.157. The van der Waals surface area contributed by atoms with Gasteiger partial charge in [-0.1, -0.05) is 125 Å². The van der Waals surface area contributed by atoms with Gasteiger partial charge in [0, 0.05) is 43.9 Å². The lowest BCUT2D eigenvalue weighted by molar-refractivity contribution is 0.332. The van der Waals surface area contributed by atoms with Crippen LogP contribution in [0.5, 0.6) is 0 Å². The van der Waals surface area contributed by atoms with Crippen molar-refractivity contribution in [2.45, 2.75) is 51.4 Å². The van der Waals surface area contributed by atoms with E-state index in [1.165, 1.54) is 45.8 Å².